The molecule has 2 unspecified atom stereocenters. The van der Waals surface area contributed by atoms with E-state index in [-0.39, 0.29) is 16.4 Å². The van der Waals surface area contributed by atoms with E-state index in [9.17, 15) is 14.0 Å². The Balaban J connectivity index is 1.39. The van der Waals surface area contributed by atoms with Crippen molar-refractivity contribution in [3.8, 4) is 6.07 Å². The van der Waals surface area contributed by atoms with Gasteiger partial charge in [0.1, 0.15) is 23.4 Å². The molecule has 8 nitrogen and oxygen atoms in total. The van der Waals surface area contributed by atoms with Crippen molar-refractivity contribution in [2.75, 3.05) is 17.2 Å². The largest absolute Gasteiger partial charge is 0.373 e. The van der Waals surface area contributed by atoms with Gasteiger partial charge in [-0.1, -0.05) is 40.5 Å². The summed E-state index contributed by atoms with van der Waals surface area (Å²) < 4.78 is 29.4. The van der Waals surface area contributed by atoms with Crippen molar-refractivity contribution in [3.63, 3.8) is 0 Å². The molecule has 12 heteroatoms. The number of benzene rings is 3. The van der Waals surface area contributed by atoms with Gasteiger partial charge in [0, 0.05) is 29.0 Å². The van der Waals surface area contributed by atoms with Crippen LogP contribution in [0.4, 0.5) is 25.8 Å². The predicted octanol–water partition coefficient (Wildman–Crippen LogP) is 6.98. The highest BCUT2D eigenvalue weighted by molar-refractivity contribution is 6.36. The molecule has 3 N–H and O–H groups in total. The van der Waals surface area contributed by atoms with Gasteiger partial charge in [0.25, 0.3) is 0 Å². The van der Waals surface area contributed by atoms with E-state index < -0.39 is 11.9 Å². The van der Waals surface area contributed by atoms with Crippen LogP contribution in [0.5, 0.6) is 0 Å². The Morgan fingerprint density at radius 1 is 1.07 bits per heavy atom. The van der Waals surface area contributed by atoms with Crippen LogP contribution in [0.25, 0.3) is 10.9 Å². The van der Waals surface area contributed by atoms with Gasteiger partial charge in [0.05, 0.1) is 45.6 Å². The topological polar surface area (TPSA) is 103 Å². The Kier molecular flexibility index (Phi) is 7.89. The maximum atomic E-state index is 13.8. The number of halogens is 4. The lowest BCUT2D eigenvalue weighted by Crippen LogP contribution is -2.26. The number of aromatic nitrogens is 4. The molecule has 1 fully saturated rings. The second-order valence-corrected chi connectivity index (χ2v) is 10.9. The molecule has 42 heavy (non-hydrogen) atoms. The first-order valence-electron chi connectivity index (χ1n) is 13.3. The molecule has 0 spiro atoms. The Bertz CT molecular complexity index is 1800. The number of pyridine rings is 1. The molecule has 6 rings (SSSR count). The zero-order valence-corrected chi connectivity index (χ0v) is 23.6. The van der Waals surface area contributed by atoms with Crippen LogP contribution in [0.1, 0.15) is 35.7 Å². The number of nitriles is 1. The first-order chi connectivity index (χ1) is 20.4. The van der Waals surface area contributed by atoms with Crippen LogP contribution in [-0.2, 0) is 6.54 Å². The van der Waals surface area contributed by atoms with Gasteiger partial charge < -0.3 is 16.0 Å². The predicted molar refractivity (Wildman–Crippen MR) is 159 cm³/mol. The third kappa shape index (κ3) is 5.85. The molecule has 0 amide bonds. The normalized spacial score (nSPS) is 15.5. The average molecular weight is 605 g/mol. The Labute approximate surface area is 250 Å². The lowest BCUT2D eigenvalue weighted by Gasteiger charge is -2.20. The SMILES string of the molecule is N#Cc1cnc2c(Cl)cc(NC(c3ccc(F)cc3)c3cn(CC4CCCN4)nn3)cc2c1Nc1ccc(F)c(Cl)c1. The van der Waals surface area contributed by atoms with Crippen LogP contribution < -0.4 is 16.0 Å². The lowest BCUT2D eigenvalue weighted by atomic mass is 10.0. The van der Waals surface area contributed by atoms with E-state index in [2.05, 4.69) is 37.3 Å². The van der Waals surface area contributed by atoms with Gasteiger partial charge in [-0.2, -0.15) is 5.26 Å². The molecule has 5 aromatic rings. The fourth-order valence-corrected chi connectivity index (χ4v) is 5.55. The van der Waals surface area contributed by atoms with E-state index in [1.54, 1.807) is 18.2 Å². The quantitative estimate of drug-likeness (QED) is 0.175. The summed E-state index contributed by atoms with van der Waals surface area (Å²) in [6, 6.07) is 15.9. The van der Waals surface area contributed by atoms with E-state index >= 15 is 0 Å². The molecule has 1 aliphatic heterocycles. The maximum absolute atomic E-state index is 13.8. The number of anilines is 3. The number of hydrogen-bond acceptors (Lipinski definition) is 7. The minimum atomic E-state index is -0.555. The van der Waals surface area contributed by atoms with Gasteiger partial charge in [0.2, 0.25) is 0 Å². The molecule has 3 aromatic carbocycles. The summed E-state index contributed by atoms with van der Waals surface area (Å²) in [7, 11) is 0. The van der Waals surface area contributed by atoms with Gasteiger partial charge >= 0.3 is 0 Å². The van der Waals surface area contributed by atoms with Gasteiger partial charge in [-0.15, -0.1) is 5.10 Å². The first kappa shape index (κ1) is 27.8. The Morgan fingerprint density at radius 3 is 2.62 bits per heavy atom. The molecular formula is C30H24Cl2F2N8. The van der Waals surface area contributed by atoms with Crippen molar-refractivity contribution >= 4 is 51.2 Å². The number of hydrogen-bond donors (Lipinski definition) is 3. The number of nitrogens with one attached hydrogen (secondary N) is 3. The van der Waals surface area contributed by atoms with Crippen molar-refractivity contribution in [1.82, 2.24) is 25.3 Å². The van der Waals surface area contributed by atoms with E-state index in [1.165, 1.54) is 36.5 Å². The van der Waals surface area contributed by atoms with Crippen LogP contribution in [-0.4, -0.2) is 32.6 Å². The maximum Gasteiger partial charge on any atom is 0.141 e. The third-order valence-electron chi connectivity index (χ3n) is 7.17. The van der Waals surface area contributed by atoms with Gasteiger partial charge in [-0.3, -0.25) is 9.67 Å². The molecule has 212 valence electrons. The highest BCUT2D eigenvalue weighted by Gasteiger charge is 2.22. The van der Waals surface area contributed by atoms with Crippen LogP contribution >= 0.6 is 23.2 Å². The average Bonchev–Trinajstić information content (AvgIpc) is 3.67. The van der Waals surface area contributed by atoms with Crippen molar-refractivity contribution < 1.29 is 8.78 Å². The van der Waals surface area contributed by atoms with E-state index in [0.717, 1.165) is 24.9 Å². The van der Waals surface area contributed by atoms with Crippen molar-refractivity contribution in [2.24, 2.45) is 0 Å². The van der Waals surface area contributed by atoms with Crippen LogP contribution in [0.3, 0.4) is 0 Å². The zero-order chi connectivity index (χ0) is 29.2. The molecule has 0 saturated carbocycles. The number of fused-ring (bicyclic) bond motifs is 1. The van der Waals surface area contributed by atoms with Gasteiger partial charge in [0.15, 0.2) is 0 Å². The van der Waals surface area contributed by atoms with E-state index in [0.29, 0.717) is 51.3 Å². The molecule has 3 heterocycles. The van der Waals surface area contributed by atoms with Crippen molar-refractivity contribution in [2.45, 2.75) is 31.5 Å². The summed E-state index contributed by atoms with van der Waals surface area (Å²) in [4.78, 5) is 4.40. The monoisotopic (exact) mass is 604 g/mol. The van der Waals surface area contributed by atoms with Gasteiger partial charge in [-0.25, -0.2) is 8.78 Å². The minimum Gasteiger partial charge on any atom is -0.373 e. The molecule has 0 bridgehead atoms. The van der Waals surface area contributed by atoms with Crippen LogP contribution in [0.15, 0.2) is 67.0 Å². The summed E-state index contributed by atoms with van der Waals surface area (Å²) in [6.07, 6.45) is 5.50. The molecular weight excluding hydrogens is 581 g/mol. The molecule has 0 aliphatic carbocycles. The molecule has 1 saturated heterocycles. The van der Waals surface area contributed by atoms with E-state index in [4.69, 9.17) is 23.2 Å². The Hall–Kier alpha value is -4.30. The van der Waals surface area contributed by atoms with Crippen LogP contribution in [0, 0.1) is 23.0 Å². The van der Waals surface area contributed by atoms with Crippen molar-refractivity contribution in [1.29, 1.82) is 5.26 Å². The summed E-state index contributed by atoms with van der Waals surface area (Å²) in [5.74, 6) is -0.908. The van der Waals surface area contributed by atoms with E-state index in [1.807, 2.05) is 16.9 Å². The Morgan fingerprint density at radius 2 is 1.88 bits per heavy atom. The number of rotatable bonds is 8. The molecule has 2 aromatic heterocycles. The minimum absolute atomic E-state index is 0.0591. The summed E-state index contributed by atoms with van der Waals surface area (Å²) in [6.45, 7) is 1.68. The summed E-state index contributed by atoms with van der Waals surface area (Å²) in [5, 5.41) is 29.6. The standard InChI is InChI=1S/C30H24Cl2F2N8/c31-24-11-20(7-8-26(24)34)38-28-18(13-35)14-37-30-23(28)10-22(12-25(30)32)39-29(17-3-5-19(33)6-4-17)27-16-42(41-40-27)15-21-2-1-9-36-21/h3-8,10-12,14,16,21,29,36,39H,1-2,9,15H2,(H,37,38). The summed E-state index contributed by atoms with van der Waals surface area (Å²) >= 11 is 12.7. The fourth-order valence-electron chi connectivity index (χ4n) is 5.10. The molecule has 1 aliphatic rings. The highest BCUT2D eigenvalue weighted by atomic mass is 35.5. The fraction of sp³-hybridized carbons (Fsp3) is 0.200. The number of nitrogens with zero attached hydrogens (tertiary/aromatic N) is 5. The van der Waals surface area contributed by atoms with Gasteiger partial charge in [-0.05, 0) is 67.4 Å². The summed E-state index contributed by atoms with van der Waals surface area (Å²) in [5.41, 5.74) is 3.65. The second kappa shape index (κ2) is 11.9. The first-order valence-corrected chi connectivity index (χ1v) is 14.0. The molecule has 2 atom stereocenters. The molecule has 0 radical (unpaired) electrons. The second-order valence-electron chi connectivity index (χ2n) is 10.1. The van der Waals surface area contributed by atoms with Crippen molar-refractivity contribution in [3.05, 3.63) is 105 Å². The lowest BCUT2D eigenvalue weighted by molar-refractivity contribution is 0.466. The zero-order valence-electron chi connectivity index (χ0n) is 22.1. The third-order valence-corrected chi connectivity index (χ3v) is 7.75. The highest BCUT2D eigenvalue weighted by Crippen LogP contribution is 2.37. The smallest absolute Gasteiger partial charge is 0.141 e. The van der Waals surface area contributed by atoms with Crippen LogP contribution in [0.2, 0.25) is 10.0 Å².